The molecule has 4 aliphatic rings. The van der Waals surface area contributed by atoms with Crippen LogP contribution in [0.3, 0.4) is 0 Å². The van der Waals surface area contributed by atoms with Crippen molar-refractivity contribution >= 4 is 5.78 Å². The van der Waals surface area contributed by atoms with Gasteiger partial charge in [0.25, 0.3) is 0 Å². The fourth-order valence-corrected chi connectivity index (χ4v) is 5.08. The van der Waals surface area contributed by atoms with Gasteiger partial charge in [0.2, 0.25) is 0 Å². The number of fused-ring (bicyclic) bond motifs is 3. The number of carbonyl (C=O) groups is 1. The quantitative estimate of drug-likeness (QED) is 0.738. The Hall–Kier alpha value is -0.830. The molecule has 0 amide bonds. The smallest absolute Gasteiger partial charge is 0.163 e. The number of allylic oxidation sites excluding steroid dienone is 2. The van der Waals surface area contributed by atoms with Crippen molar-refractivity contribution in [3.05, 3.63) is 11.3 Å². The van der Waals surface area contributed by atoms with Crippen molar-refractivity contribution < 1.29 is 9.53 Å². The molecule has 0 aromatic carbocycles. The molecule has 1 saturated heterocycles. The molecule has 0 radical (unpaired) electrons. The van der Waals surface area contributed by atoms with E-state index in [9.17, 15) is 4.79 Å². The number of ketones is 1. The molecule has 3 nitrogen and oxygen atoms in total. The lowest BCUT2D eigenvalue weighted by Crippen LogP contribution is -2.56. The summed E-state index contributed by atoms with van der Waals surface area (Å²) in [5.41, 5.74) is 1.06. The number of carbonyl (C=O) groups excluding carboxylic acids is 1. The minimum Gasteiger partial charge on any atom is -0.476 e. The standard InChI is InChI=1S/C18H27NO2/c1-17(2)11-14(20)16-13-6-5-7-18(10-13,21-15(16)12-17)19-8-3-4-9-19/h13H,3-12H2,1-2H3/t13-,18+/m0/s1. The van der Waals surface area contributed by atoms with Crippen molar-refractivity contribution in [1.82, 2.24) is 4.90 Å². The lowest BCUT2D eigenvalue weighted by atomic mass is 9.67. The Morgan fingerprint density at radius 1 is 1.14 bits per heavy atom. The van der Waals surface area contributed by atoms with Gasteiger partial charge in [-0.2, -0.15) is 0 Å². The largest absolute Gasteiger partial charge is 0.476 e. The predicted octanol–water partition coefficient (Wildman–Crippen LogP) is 3.64. The number of Topliss-reactive ketones (excluding diaryl/α,β-unsaturated/α-hetero) is 1. The fraction of sp³-hybridized carbons (Fsp3) is 0.833. The zero-order valence-electron chi connectivity index (χ0n) is 13.4. The normalized spacial score (nSPS) is 39.1. The van der Waals surface area contributed by atoms with E-state index in [0.717, 1.165) is 30.6 Å². The second-order valence-electron chi connectivity index (χ2n) is 8.31. The van der Waals surface area contributed by atoms with Crippen molar-refractivity contribution in [3.8, 4) is 0 Å². The second kappa shape index (κ2) is 4.58. The molecular formula is C18H27NO2. The van der Waals surface area contributed by atoms with E-state index < -0.39 is 0 Å². The highest BCUT2D eigenvalue weighted by molar-refractivity contribution is 5.97. The molecule has 0 aromatic heterocycles. The molecule has 21 heavy (non-hydrogen) atoms. The molecule has 2 aliphatic carbocycles. The Balaban J connectivity index is 1.72. The van der Waals surface area contributed by atoms with Crippen LogP contribution in [0.1, 0.15) is 65.2 Å². The van der Waals surface area contributed by atoms with Crippen molar-refractivity contribution in [2.45, 2.75) is 70.9 Å². The molecule has 2 atom stereocenters. The summed E-state index contributed by atoms with van der Waals surface area (Å²) in [5, 5.41) is 0. The van der Waals surface area contributed by atoms with Crippen LogP contribution in [-0.4, -0.2) is 29.5 Å². The molecule has 116 valence electrons. The lowest BCUT2D eigenvalue weighted by molar-refractivity contribution is -0.170. The summed E-state index contributed by atoms with van der Waals surface area (Å²) < 4.78 is 6.62. The zero-order chi connectivity index (χ0) is 14.7. The number of hydrogen-bond acceptors (Lipinski definition) is 3. The molecule has 0 N–H and O–H groups in total. The van der Waals surface area contributed by atoms with Gasteiger partial charge in [0.1, 0.15) is 5.76 Å². The summed E-state index contributed by atoms with van der Waals surface area (Å²) in [6.07, 6.45) is 8.83. The molecular weight excluding hydrogens is 262 g/mol. The van der Waals surface area contributed by atoms with Crippen molar-refractivity contribution in [2.75, 3.05) is 13.1 Å². The highest BCUT2D eigenvalue weighted by Crippen LogP contribution is 2.52. The van der Waals surface area contributed by atoms with E-state index in [4.69, 9.17) is 4.74 Å². The van der Waals surface area contributed by atoms with Crippen LogP contribution in [0, 0.1) is 11.3 Å². The van der Waals surface area contributed by atoms with Crippen LogP contribution in [0.2, 0.25) is 0 Å². The van der Waals surface area contributed by atoms with Crippen LogP contribution in [0.25, 0.3) is 0 Å². The summed E-state index contributed by atoms with van der Waals surface area (Å²) in [7, 11) is 0. The summed E-state index contributed by atoms with van der Waals surface area (Å²) in [6.45, 7) is 6.75. The van der Waals surface area contributed by atoms with Crippen molar-refractivity contribution in [3.63, 3.8) is 0 Å². The average molecular weight is 289 g/mol. The molecule has 2 bridgehead atoms. The Labute approximate surface area is 127 Å². The Kier molecular flexibility index (Phi) is 3.01. The highest BCUT2D eigenvalue weighted by atomic mass is 16.5. The van der Waals surface area contributed by atoms with Gasteiger partial charge in [-0.1, -0.05) is 13.8 Å². The van der Waals surface area contributed by atoms with Crippen LogP contribution in [0.4, 0.5) is 0 Å². The average Bonchev–Trinajstić information content (AvgIpc) is 2.90. The maximum Gasteiger partial charge on any atom is 0.163 e. The van der Waals surface area contributed by atoms with Crippen LogP contribution in [0.5, 0.6) is 0 Å². The van der Waals surface area contributed by atoms with E-state index in [-0.39, 0.29) is 11.1 Å². The molecule has 4 rings (SSSR count). The number of rotatable bonds is 1. The fourth-order valence-electron chi connectivity index (χ4n) is 5.08. The minimum atomic E-state index is -0.0774. The van der Waals surface area contributed by atoms with Gasteiger partial charge in [-0.25, -0.2) is 0 Å². The molecule has 0 spiro atoms. The third-order valence-corrected chi connectivity index (χ3v) is 5.97. The predicted molar refractivity (Wildman–Crippen MR) is 81.6 cm³/mol. The third-order valence-electron chi connectivity index (χ3n) is 5.97. The van der Waals surface area contributed by atoms with Crippen molar-refractivity contribution in [2.24, 2.45) is 11.3 Å². The molecule has 2 aliphatic heterocycles. The van der Waals surface area contributed by atoms with E-state index >= 15 is 0 Å². The number of hydrogen-bond donors (Lipinski definition) is 0. The van der Waals surface area contributed by atoms with Crippen LogP contribution in [0.15, 0.2) is 11.3 Å². The molecule has 2 heterocycles. The topological polar surface area (TPSA) is 29.5 Å². The van der Waals surface area contributed by atoms with Gasteiger partial charge < -0.3 is 4.74 Å². The molecule has 1 saturated carbocycles. The number of ether oxygens (including phenoxy) is 1. The first-order valence-corrected chi connectivity index (χ1v) is 8.69. The van der Waals surface area contributed by atoms with Gasteiger partial charge in [-0.3, -0.25) is 9.69 Å². The number of nitrogens with zero attached hydrogens (tertiary/aromatic N) is 1. The molecule has 3 heteroatoms. The van der Waals surface area contributed by atoms with Gasteiger partial charge in [0.15, 0.2) is 11.5 Å². The van der Waals surface area contributed by atoms with Gasteiger partial charge in [-0.05, 0) is 37.0 Å². The van der Waals surface area contributed by atoms with Gasteiger partial charge in [0, 0.05) is 44.3 Å². The van der Waals surface area contributed by atoms with E-state index in [1.165, 1.54) is 38.8 Å². The first kappa shape index (κ1) is 13.8. The summed E-state index contributed by atoms with van der Waals surface area (Å²) in [5.74, 6) is 1.88. The molecule has 2 fully saturated rings. The zero-order valence-corrected chi connectivity index (χ0v) is 13.4. The first-order valence-electron chi connectivity index (χ1n) is 8.69. The summed E-state index contributed by atoms with van der Waals surface area (Å²) in [4.78, 5) is 15.2. The van der Waals surface area contributed by atoms with E-state index in [0.29, 0.717) is 18.1 Å². The Bertz CT molecular complexity index is 501. The van der Waals surface area contributed by atoms with Gasteiger partial charge in [-0.15, -0.1) is 0 Å². The van der Waals surface area contributed by atoms with Gasteiger partial charge >= 0.3 is 0 Å². The van der Waals surface area contributed by atoms with Crippen LogP contribution >= 0.6 is 0 Å². The lowest BCUT2D eigenvalue weighted by Gasteiger charge is -2.53. The maximum absolute atomic E-state index is 12.6. The monoisotopic (exact) mass is 289 g/mol. The van der Waals surface area contributed by atoms with E-state index in [2.05, 4.69) is 18.7 Å². The number of likely N-dealkylation sites (tertiary alicyclic amines) is 1. The van der Waals surface area contributed by atoms with Crippen LogP contribution in [-0.2, 0) is 9.53 Å². The summed E-state index contributed by atoms with van der Waals surface area (Å²) in [6, 6.07) is 0. The Morgan fingerprint density at radius 2 is 1.90 bits per heavy atom. The Morgan fingerprint density at radius 3 is 2.67 bits per heavy atom. The van der Waals surface area contributed by atoms with E-state index in [1.54, 1.807) is 0 Å². The highest BCUT2D eigenvalue weighted by Gasteiger charge is 2.52. The first-order chi connectivity index (χ1) is 9.99. The third kappa shape index (κ3) is 2.16. The van der Waals surface area contributed by atoms with Crippen LogP contribution < -0.4 is 0 Å². The maximum atomic E-state index is 12.6. The molecule has 0 unspecified atom stereocenters. The SMILES string of the molecule is CC1(C)CC(=O)C2=C(C1)O[C@]1(N3CCCC3)CCC[C@H]2C1. The second-order valence-corrected chi connectivity index (χ2v) is 8.31. The summed E-state index contributed by atoms with van der Waals surface area (Å²) >= 11 is 0. The van der Waals surface area contributed by atoms with Crippen molar-refractivity contribution in [1.29, 1.82) is 0 Å². The van der Waals surface area contributed by atoms with Gasteiger partial charge in [0.05, 0.1) is 0 Å². The van der Waals surface area contributed by atoms with E-state index in [1.807, 2.05) is 0 Å². The minimum absolute atomic E-state index is 0.0632. The molecule has 0 aromatic rings.